The number of nitrogens with zero attached hydrogens (tertiary/aromatic N) is 2. The van der Waals surface area contributed by atoms with Gasteiger partial charge in [0.2, 0.25) is 5.91 Å². The second-order valence-corrected chi connectivity index (χ2v) is 27.5. The van der Waals surface area contributed by atoms with E-state index >= 15 is 0 Å². The van der Waals surface area contributed by atoms with Crippen LogP contribution in [0.25, 0.3) is 0 Å². The highest BCUT2D eigenvalue weighted by atomic mass is 32.2. The number of nitrogens with one attached hydrogen (secondary N) is 1. The number of aliphatic imine (C=N–C) groups is 1. The Hall–Kier alpha value is -4.50. The van der Waals surface area contributed by atoms with Crippen LogP contribution in [-0.2, 0) is 44.6 Å². The van der Waals surface area contributed by atoms with Gasteiger partial charge < -0.3 is 19.5 Å². The van der Waals surface area contributed by atoms with Crippen LogP contribution >= 0.6 is 34.9 Å². The molecule has 0 spiro atoms. The predicted molar refractivity (Wildman–Crippen MR) is 265 cm³/mol. The molecule has 1 aliphatic heterocycles. The molecule has 0 radical (unpaired) electrons. The van der Waals surface area contributed by atoms with Crippen LogP contribution in [0.5, 0.6) is 0 Å². The van der Waals surface area contributed by atoms with Gasteiger partial charge in [0.05, 0.1) is 24.2 Å². The van der Waals surface area contributed by atoms with E-state index in [-0.39, 0.29) is 24.7 Å². The Morgan fingerprint density at radius 3 is 2.00 bits per heavy atom. The van der Waals surface area contributed by atoms with Crippen molar-refractivity contribution in [1.29, 1.82) is 0 Å². The molecule has 2 heterocycles. The first kappa shape index (κ1) is 50.5. The number of rotatable bonds is 21. The number of allylic oxidation sites excluding steroid dienone is 1. The van der Waals surface area contributed by atoms with Gasteiger partial charge in [0.15, 0.2) is 0 Å². The van der Waals surface area contributed by atoms with Crippen LogP contribution in [0.4, 0.5) is 0 Å². The van der Waals surface area contributed by atoms with E-state index in [1.54, 1.807) is 13.0 Å². The summed E-state index contributed by atoms with van der Waals surface area (Å²) in [5.74, 6) is -1.19. The predicted octanol–water partition coefficient (Wildman–Crippen LogP) is 10.3. The molecule has 14 heteroatoms. The van der Waals surface area contributed by atoms with Crippen LogP contribution in [0.15, 0.2) is 114 Å². The number of benzene rings is 3. The SMILES string of the molecule is CC(C)[C@@H](NC(=O)[C@]1(C)CSC(c2csc(CC(=O)OC(C)(C)C)n2)=N1)C(=O)O[C@H](/C=C/CCSC(c1ccccc1)(c1ccccc1)c1ccccc1)CC(=O)OCC[Si](C)(C)C. The number of hydrogen-bond donors (Lipinski definition) is 1. The Morgan fingerprint density at radius 1 is 0.891 bits per heavy atom. The molecule has 0 bridgehead atoms. The van der Waals surface area contributed by atoms with Crippen LogP contribution in [-0.4, -0.2) is 83.3 Å². The fourth-order valence-corrected chi connectivity index (χ4v) is 11.0. The molecule has 342 valence electrons. The normalized spacial score (nSPS) is 16.6. The zero-order valence-electron chi connectivity index (χ0n) is 38.6. The monoisotopic (exact) mass is 941 g/mol. The van der Waals surface area contributed by atoms with Crippen molar-refractivity contribution in [2.24, 2.45) is 10.9 Å². The molecule has 1 N–H and O–H groups in total. The average Bonchev–Trinajstić information content (AvgIpc) is 3.88. The van der Waals surface area contributed by atoms with Crippen molar-refractivity contribution in [2.75, 3.05) is 18.1 Å². The zero-order chi connectivity index (χ0) is 46.5. The van der Waals surface area contributed by atoms with Gasteiger partial charge in [-0.15, -0.1) is 34.9 Å². The molecule has 0 saturated carbocycles. The number of thioether (sulfide) groups is 2. The van der Waals surface area contributed by atoms with E-state index in [0.717, 1.165) is 22.7 Å². The molecule has 0 unspecified atom stereocenters. The number of carbonyl (C=O) groups is 4. The molecule has 1 amide bonds. The lowest BCUT2D eigenvalue weighted by Gasteiger charge is -2.35. The second-order valence-electron chi connectivity index (χ2n) is 18.6. The number of carbonyl (C=O) groups excluding carboxylic acids is 4. The van der Waals surface area contributed by atoms with Crippen LogP contribution in [0.2, 0.25) is 25.7 Å². The van der Waals surface area contributed by atoms with Gasteiger partial charge in [-0.1, -0.05) is 131 Å². The topological polar surface area (TPSA) is 133 Å². The molecule has 10 nitrogen and oxygen atoms in total. The Labute approximate surface area is 392 Å². The lowest BCUT2D eigenvalue weighted by molar-refractivity contribution is -0.157. The number of esters is 3. The Kier molecular flexibility index (Phi) is 17.8. The smallest absolute Gasteiger partial charge is 0.329 e. The summed E-state index contributed by atoms with van der Waals surface area (Å²) in [5.41, 5.74) is 2.28. The number of aromatic nitrogens is 1. The fourth-order valence-electron chi connectivity index (χ4n) is 6.89. The zero-order valence-corrected chi connectivity index (χ0v) is 42.0. The first-order chi connectivity index (χ1) is 30.3. The minimum atomic E-state index is -1.46. The number of thiazole rings is 1. The summed E-state index contributed by atoms with van der Waals surface area (Å²) in [6.07, 6.45) is 3.31. The lowest BCUT2D eigenvalue weighted by Crippen LogP contribution is -2.53. The van der Waals surface area contributed by atoms with Gasteiger partial charge in [0.25, 0.3) is 0 Å². The molecule has 0 fully saturated rings. The van der Waals surface area contributed by atoms with Crippen molar-refractivity contribution in [2.45, 2.75) is 115 Å². The van der Waals surface area contributed by atoms with Gasteiger partial charge in [0, 0.05) is 19.2 Å². The van der Waals surface area contributed by atoms with Gasteiger partial charge in [-0.05, 0) is 74.6 Å². The molecular weight excluding hydrogens is 879 g/mol. The summed E-state index contributed by atoms with van der Waals surface area (Å²) < 4.78 is 16.7. The molecule has 64 heavy (non-hydrogen) atoms. The average molecular weight is 942 g/mol. The van der Waals surface area contributed by atoms with Crippen LogP contribution < -0.4 is 5.32 Å². The van der Waals surface area contributed by atoms with E-state index in [1.165, 1.54) is 23.1 Å². The molecule has 3 atom stereocenters. The van der Waals surface area contributed by atoms with Crippen molar-refractivity contribution >= 4 is 71.8 Å². The van der Waals surface area contributed by atoms with E-state index in [1.807, 2.05) is 76.0 Å². The summed E-state index contributed by atoms with van der Waals surface area (Å²) >= 11 is 4.55. The second kappa shape index (κ2) is 22.6. The Balaban J connectivity index is 1.30. The molecule has 3 aromatic carbocycles. The van der Waals surface area contributed by atoms with Crippen molar-refractivity contribution in [3.8, 4) is 0 Å². The number of ether oxygens (including phenoxy) is 3. The van der Waals surface area contributed by atoms with Crippen LogP contribution in [0.3, 0.4) is 0 Å². The fraction of sp³-hybridized carbons (Fsp3) is 0.440. The third-order valence-electron chi connectivity index (χ3n) is 10.3. The maximum Gasteiger partial charge on any atom is 0.329 e. The maximum atomic E-state index is 14.0. The summed E-state index contributed by atoms with van der Waals surface area (Å²) in [7, 11) is -1.46. The molecule has 5 rings (SSSR count). The largest absolute Gasteiger partial charge is 0.466 e. The van der Waals surface area contributed by atoms with E-state index in [4.69, 9.17) is 19.2 Å². The molecule has 0 saturated heterocycles. The van der Waals surface area contributed by atoms with Crippen molar-refractivity contribution in [3.63, 3.8) is 0 Å². The van der Waals surface area contributed by atoms with Gasteiger partial charge in [-0.2, -0.15) is 0 Å². The van der Waals surface area contributed by atoms with Crippen LogP contribution in [0, 0.1) is 5.92 Å². The maximum absolute atomic E-state index is 14.0. The Morgan fingerprint density at radius 2 is 1.47 bits per heavy atom. The van der Waals surface area contributed by atoms with E-state index in [0.29, 0.717) is 40.3 Å². The van der Waals surface area contributed by atoms with Gasteiger partial charge in [-0.3, -0.25) is 19.4 Å². The standard InChI is InChI=1S/C50H63N3O7S3Si/c1-35(2)44(52-47(57)49(6)34-62-45(53-49)40-33-61-41(51-40)32-43(55)60-48(3,4)5)46(56)59-39(31-42(54)58-28-30-64(7,8)9)27-19-20-29-63-50(36-21-13-10-14-22-36,37-23-15-11-16-24-37)38-25-17-12-18-26-38/h10-19,21-27,33,35,39,44H,20,28-32,34H2,1-9H3,(H,52,57)/b27-19+/t39-,44-,49+/m1/s1. The third kappa shape index (κ3) is 14.5. The molecule has 0 aliphatic carbocycles. The highest BCUT2D eigenvalue weighted by molar-refractivity contribution is 8.14. The third-order valence-corrected chi connectivity index (χ3v) is 15.7. The van der Waals surface area contributed by atoms with E-state index < -0.39 is 54.0 Å². The number of amides is 1. The van der Waals surface area contributed by atoms with Crippen molar-refractivity contribution in [3.05, 3.63) is 136 Å². The highest BCUT2D eigenvalue weighted by Gasteiger charge is 2.42. The summed E-state index contributed by atoms with van der Waals surface area (Å²) in [5, 5.41) is 5.91. The summed E-state index contributed by atoms with van der Waals surface area (Å²) in [6, 6.07) is 31.3. The van der Waals surface area contributed by atoms with E-state index in [9.17, 15) is 19.2 Å². The first-order valence-corrected chi connectivity index (χ1v) is 28.4. The van der Waals surface area contributed by atoms with Crippen molar-refractivity contribution < 1.29 is 33.4 Å². The van der Waals surface area contributed by atoms with E-state index in [2.05, 4.69) is 103 Å². The molecule has 1 aliphatic rings. The first-order valence-electron chi connectivity index (χ1n) is 21.8. The molecular formula is C50H63N3O7S3Si. The van der Waals surface area contributed by atoms with Gasteiger partial charge in [0.1, 0.15) is 39.0 Å². The highest BCUT2D eigenvalue weighted by Crippen LogP contribution is 2.48. The summed E-state index contributed by atoms with van der Waals surface area (Å²) in [6.45, 7) is 17.8. The number of hydrogen-bond acceptors (Lipinski definition) is 12. The Bertz CT molecular complexity index is 2140. The minimum Gasteiger partial charge on any atom is -0.466 e. The van der Waals surface area contributed by atoms with Gasteiger partial charge in [-0.25, -0.2) is 9.78 Å². The molecule has 4 aromatic rings. The van der Waals surface area contributed by atoms with Crippen LogP contribution in [0.1, 0.15) is 81.8 Å². The quantitative estimate of drug-likeness (QED) is 0.0215. The minimum absolute atomic E-state index is 0.0403. The molecule has 1 aromatic heterocycles. The van der Waals surface area contributed by atoms with Crippen molar-refractivity contribution in [1.82, 2.24) is 10.3 Å². The van der Waals surface area contributed by atoms with Gasteiger partial charge >= 0.3 is 17.9 Å². The summed E-state index contributed by atoms with van der Waals surface area (Å²) in [4.78, 5) is 62.9. The lowest BCUT2D eigenvalue weighted by atomic mass is 9.84.